The molecule has 3 heterocycles. The van der Waals surface area contributed by atoms with Gasteiger partial charge in [0.15, 0.2) is 0 Å². The number of morpholine rings is 1. The van der Waals surface area contributed by atoms with Gasteiger partial charge in [-0.3, -0.25) is 9.69 Å². The third kappa shape index (κ3) is 5.98. The van der Waals surface area contributed by atoms with E-state index in [-0.39, 0.29) is 11.9 Å². The molecule has 5 rings (SSSR count). The van der Waals surface area contributed by atoms with Crippen LogP contribution in [-0.2, 0) is 11.2 Å². The van der Waals surface area contributed by atoms with E-state index >= 15 is 0 Å². The molecule has 8 nitrogen and oxygen atoms in total. The van der Waals surface area contributed by atoms with E-state index in [4.69, 9.17) is 10.5 Å². The average Bonchev–Trinajstić information content (AvgIpc) is 2.93. The van der Waals surface area contributed by atoms with Crippen LogP contribution in [0.3, 0.4) is 0 Å². The Hall–Kier alpha value is -3.14. The number of nitrogens with zero attached hydrogens (tertiary/aromatic N) is 4. The van der Waals surface area contributed by atoms with Gasteiger partial charge in [0.2, 0.25) is 5.95 Å². The predicted molar refractivity (Wildman–Crippen MR) is 146 cm³/mol. The lowest BCUT2D eigenvalue weighted by atomic mass is 10.0. The number of amides is 1. The predicted octanol–water partition coefficient (Wildman–Crippen LogP) is 3.53. The highest BCUT2D eigenvalue weighted by molar-refractivity contribution is 7.99. The smallest absolute Gasteiger partial charge is 0.256 e. The summed E-state index contributed by atoms with van der Waals surface area (Å²) in [5.74, 6) is 2.74. The molecule has 188 valence electrons. The standard InChI is InChI=1S/C27H32N6O2S/c28-27-29-19-23(21-5-3-4-20(18-21)8-9-32-10-14-35-15-11-32)25(31-27)30-24-7-2-1-6-22(24)26(34)33-12-16-36-17-13-33/h1-7,18-19H,8-17H2,(H3,28,29,30,31). The van der Waals surface area contributed by atoms with Crippen LogP contribution in [0.5, 0.6) is 0 Å². The lowest BCUT2D eigenvalue weighted by molar-refractivity contribution is 0.0384. The molecule has 36 heavy (non-hydrogen) atoms. The zero-order valence-electron chi connectivity index (χ0n) is 20.4. The molecule has 3 aromatic rings. The van der Waals surface area contributed by atoms with Crippen LogP contribution in [0.25, 0.3) is 11.1 Å². The van der Waals surface area contributed by atoms with Gasteiger partial charge in [0.25, 0.3) is 5.91 Å². The molecular weight excluding hydrogens is 472 g/mol. The summed E-state index contributed by atoms with van der Waals surface area (Å²) in [7, 11) is 0. The molecule has 2 aliphatic rings. The van der Waals surface area contributed by atoms with Gasteiger partial charge in [0.1, 0.15) is 5.82 Å². The van der Waals surface area contributed by atoms with Crippen molar-refractivity contribution in [2.24, 2.45) is 0 Å². The van der Waals surface area contributed by atoms with E-state index in [1.165, 1.54) is 5.56 Å². The van der Waals surface area contributed by atoms with Crippen molar-refractivity contribution in [2.45, 2.75) is 6.42 Å². The van der Waals surface area contributed by atoms with Gasteiger partial charge in [-0.2, -0.15) is 16.7 Å². The van der Waals surface area contributed by atoms with Crippen molar-refractivity contribution >= 4 is 35.1 Å². The first-order chi connectivity index (χ1) is 17.7. The number of aromatic nitrogens is 2. The molecule has 3 N–H and O–H groups in total. The summed E-state index contributed by atoms with van der Waals surface area (Å²) < 4.78 is 5.46. The number of benzene rings is 2. The van der Waals surface area contributed by atoms with Crippen LogP contribution in [0.15, 0.2) is 54.7 Å². The molecule has 1 aromatic heterocycles. The SMILES string of the molecule is Nc1ncc(-c2cccc(CCN3CCOCC3)c2)c(Nc2ccccc2C(=O)N2CCSCC2)n1. The van der Waals surface area contributed by atoms with Crippen molar-refractivity contribution in [2.75, 3.05) is 68.5 Å². The number of rotatable bonds is 7. The van der Waals surface area contributed by atoms with Gasteiger partial charge in [0, 0.05) is 56.0 Å². The van der Waals surface area contributed by atoms with Gasteiger partial charge in [-0.15, -0.1) is 0 Å². The Morgan fingerprint density at radius 1 is 1.06 bits per heavy atom. The summed E-state index contributed by atoms with van der Waals surface area (Å²) in [6.45, 7) is 6.10. The maximum atomic E-state index is 13.3. The van der Waals surface area contributed by atoms with Crippen molar-refractivity contribution < 1.29 is 9.53 Å². The van der Waals surface area contributed by atoms with E-state index in [9.17, 15) is 4.79 Å². The molecule has 0 unspecified atom stereocenters. The quantitative estimate of drug-likeness (QED) is 0.505. The van der Waals surface area contributed by atoms with Crippen molar-refractivity contribution in [3.05, 3.63) is 65.9 Å². The molecule has 0 atom stereocenters. The van der Waals surface area contributed by atoms with Gasteiger partial charge in [0.05, 0.1) is 24.5 Å². The summed E-state index contributed by atoms with van der Waals surface area (Å²) in [5.41, 5.74) is 10.4. The highest BCUT2D eigenvalue weighted by Crippen LogP contribution is 2.31. The second-order valence-corrected chi connectivity index (χ2v) is 10.2. The first kappa shape index (κ1) is 24.5. The van der Waals surface area contributed by atoms with E-state index < -0.39 is 0 Å². The minimum Gasteiger partial charge on any atom is -0.379 e. The van der Waals surface area contributed by atoms with E-state index in [1.807, 2.05) is 40.9 Å². The number of hydrogen-bond acceptors (Lipinski definition) is 8. The van der Waals surface area contributed by atoms with E-state index in [2.05, 4.69) is 44.5 Å². The summed E-state index contributed by atoms with van der Waals surface area (Å²) >= 11 is 1.88. The van der Waals surface area contributed by atoms with Gasteiger partial charge >= 0.3 is 0 Å². The van der Waals surface area contributed by atoms with Crippen LogP contribution in [0.2, 0.25) is 0 Å². The van der Waals surface area contributed by atoms with Gasteiger partial charge in [-0.1, -0.05) is 36.4 Å². The van der Waals surface area contributed by atoms with Crippen LogP contribution in [0.1, 0.15) is 15.9 Å². The molecule has 0 bridgehead atoms. The summed E-state index contributed by atoms with van der Waals surface area (Å²) in [4.78, 5) is 26.4. The third-order valence-corrected chi connectivity index (χ3v) is 7.52. The first-order valence-electron chi connectivity index (χ1n) is 12.4. The maximum absolute atomic E-state index is 13.3. The number of carbonyl (C=O) groups excluding carboxylic acids is 1. The normalized spacial score (nSPS) is 16.6. The molecule has 1 amide bonds. The minimum absolute atomic E-state index is 0.0343. The molecule has 9 heteroatoms. The van der Waals surface area contributed by atoms with Crippen molar-refractivity contribution in [3.63, 3.8) is 0 Å². The zero-order valence-corrected chi connectivity index (χ0v) is 21.2. The highest BCUT2D eigenvalue weighted by atomic mass is 32.2. The maximum Gasteiger partial charge on any atom is 0.256 e. The number of anilines is 3. The average molecular weight is 505 g/mol. The van der Waals surface area contributed by atoms with E-state index in [0.717, 1.165) is 75.0 Å². The number of nitrogen functional groups attached to an aromatic ring is 1. The summed E-state index contributed by atoms with van der Waals surface area (Å²) in [6, 6.07) is 16.0. The number of hydrogen-bond donors (Lipinski definition) is 2. The van der Waals surface area contributed by atoms with Crippen LogP contribution in [0, 0.1) is 0 Å². The molecule has 0 spiro atoms. The van der Waals surface area contributed by atoms with Crippen LogP contribution in [-0.4, -0.2) is 83.1 Å². The Labute approximate surface area is 216 Å². The van der Waals surface area contributed by atoms with Gasteiger partial charge < -0.3 is 20.7 Å². The molecule has 0 saturated carbocycles. The highest BCUT2D eigenvalue weighted by Gasteiger charge is 2.22. The summed E-state index contributed by atoms with van der Waals surface area (Å²) in [5, 5.41) is 3.40. The van der Waals surface area contributed by atoms with Crippen LogP contribution >= 0.6 is 11.8 Å². The number of nitrogens with one attached hydrogen (secondary N) is 1. The Balaban J connectivity index is 1.39. The molecule has 2 aliphatic heterocycles. The van der Waals surface area contributed by atoms with Crippen molar-refractivity contribution in [1.29, 1.82) is 0 Å². The van der Waals surface area contributed by atoms with Crippen molar-refractivity contribution in [1.82, 2.24) is 19.8 Å². The number of carbonyl (C=O) groups is 1. The lowest BCUT2D eigenvalue weighted by Crippen LogP contribution is -2.38. The second-order valence-electron chi connectivity index (χ2n) is 8.97. The number of thioether (sulfide) groups is 1. The molecule has 2 aromatic carbocycles. The Bertz CT molecular complexity index is 1190. The Morgan fingerprint density at radius 3 is 2.69 bits per heavy atom. The van der Waals surface area contributed by atoms with E-state index in [0.29, 0.717) is 17.1 Å². The largest absolute Gasteiger partial charge is 0.379 e. The Morgan fingerprint density at radius 2 is 1.86 bits per heavy atom. The van der Waals surface area contributed by atoms with Crippen molar-refractivity contribution in [3.8, 4) is 11.1 Å². The molecule has 0 radical (unpaired) electrons. The van der Waals surface area contributed by atoms with E-state index in [1.54, 1.807) is 6.20 Å². The zero-order chi connectivity index (χ0) is 24.7. The number of ether oxygens (including phenoxy) is 1. The first-order valence-corrected chi connectivity index (χ1v) is 13.6. The summed E-state index contributed by atoms with van der Waals surface area (Å²) in [6.07, 6.45) is 2.70. The number of para-hydroxylation sites is 1. The van der Waals surface area contributed by atoms with Crippen LogP contribution in [0.4, 0.5) is 17.5 Å². The second kappa shape index (κ2) is 11.7. The fraction of sp³-hybridized carbons (Fsp3) is 0.370. The molecule has 2 saturated heterocycles. The molecular formula is C27H32N6O2S. The topological polar surface area (TPSA) is 96.6 Å². The molecule has 0 aliphatic carbocycles. The monoisotopic (exact) mass is 504 g/mol. The lowest BCUT2D eigenvalue weighted by Gasteiger charge is -2.27. The van der Waals surface area contributed by atoms with Gasteiger partial charge in [-0.05, 0) is 29.7 Å². The van der Waals surface area contributed by atoms with Gasteiger partial charge in [-0.25, -0.2) is 4.98 Å². The fourth-order valence-electron chi connectivity index (χ4n) is 4.55. The minimum atomic E-state index is 0.0343. The molecule has 2 fully saturated rings. The fourth-order valence-corrected chi connectivity index (χ4v) is 5.45. The Kier molecular flexibility index (Phi) is 8.00. The third-order valence-electron chi connectivity index (χ3n) is 6.57. The van der Waals surface area contributed by atoms with Crippen LogP contribution < -0.4 is 11.1 Å². The number of nitrogens with two attached hydrogens (primary N) is 1.